The standard InChI is InChI=1S/C10H8O4Si/c1-2-7-5-3-4-6-8(7)15-14-10(13)9(11)12/h2-6H,1H2,(H,11,12). The number of carboxylic acid groups (broad SMARTS) is 1. The van der Waals surface area contributed by atoms with Gasteiger partial charge in [-0.3, -0.25) is 0 Å². The van der Waals surface area contributed by atoms with E-state index in [2.05, 4.69) is 11.0 Å². The Morgan fingerprint density at radius 1 is 1.40 bits per heavy atom. The number of benzene rings is 1. The van der Waals surface area contributed by atoms with Crippen molar-refractivity contribution in [2.45, 2.75) is 0 Å². The summed E-state index contributed by atoms with van der Waals surface area (Å²) in [5, 5.41) is 9.05. The molecule has 0 spiro atoms. The predicted molar refractivity (Wildman–Crippen MR) is 55.6 cm³/mol. The van der Waals surface area contributed by atoms with Crippen molar-refractivity contribution < 1.29 is 19.1 Å². The summed E-state index contributed by atoms with van der Waals surface area (Å²) in [5.74, 6) is -2.83. The van der Waals surface area contributed by atoms with E-state index in [1.807, 2.05) is 12.1 Å². The van der Waals surface area contributed by atoms with Crippen LogP contribution in [-0.2, 0) is 14.0 Å². The van der Waals surface area contributed by atoms with Crippen LogP contribution in [0.3, 0.4) is 0 Å². The molecular weight excluding hydrogens is 212 g/mol. The lowest BCUT2D eigenvalue weighted by Crippen LogP contribution is -2.27. The van der Waals surface area contributed by atoms with Gasteiger partial charge < -0.3 is 9.53 Å². The van der Waals surface area contributed by atoms with Crippen LogP contribution in [0.5, 0.6) is 0 Å². The maximum absolute atomic E-state index is 10.7. The van der Waals surface area contributed by atoms with Crippen LogP contribution in [0.1, 0.15) is 5.56 Å². The van der Waals surface area contributed by atoms with Crippen molar-refractivity contribution in [3.8, 4) is 0 Å². The molecule has 0 saturated heterocycles. The summed E-state index contributed by atoms with van der Waals surface area (Å²) >= 11 is 0. The largest absolute Gasteiger partial charge is 0.503 e. The van der Waals surface area contributed by atoms with Crippen LogP contribution in [0.25, 0.3) is 6.08 Å². The lowest BCUT2D eigenvalue weighted by atomic mass is 10.2. The second-order valence-corrected chi connectivity index (χ2v) is 3.54. The topological polar surface area (TPSA) is 63.6 Å². The summed E-state index contributed by atoms with van der Waals surface area (Å²) < 4.78 is 4.57. The lowest BCUT2D eigenvalue weighted by Gasteiger charge is -2.03. The fourth-order valence-corrected chi connectivity index (χ4v) is 1.67. The third kappa shape index (κ3) is 3.06. The number of hydrogen-bond acceptors (Lipinski definition) is 3. The van der Waals surface area contributed by atoms with Crippen molar-refractivity contribution in [1.82, 2.24) is 0 Å². The van der Waals surface area contributed by atoms with E-state index < -0.39 is 11.9 Å². The Balaban J connectivity index is 2.69. The molecule has 0 saturated carbocycles. The van der Waals surface area contributed by atoms with E-state index in [0.717, 1.165) is 10.8 Å². The molecular formula is C10H8O4Si. The van der Waals surface area contributed by atoms with Gasteiger partial charge >= 0.3 is 21.7 Å². The Labute approximate surface area is 89.1 Å². The van der Waals surface area contributed by atoms with E-state index in [0.29, 0.717) is 0 Å². The summed E-state index contributed by atoms with van der Waals surface area (Å²) in [6.45, 7) is 3.60. The normalized spacial score (nSPS) is 9.33. The molecule has 15 heavy (non-hydrogen) atoms. The van der Waals surface area contributed by atoms with E-state index in [4.69, 9.17) is 5.11 Å². The molecule has 1 N–H and O–H groups in total. The second-order valence-electron chi connectivity index (χ2n) is 2.59. The first-order valence-electron chi connectivity index (χ1n) is 4.06. The molecule has 1 aromatic carbocycles. The summed E-state index contributed by atoms with van der Waals surface area (Å²) in [4.78, 5) is 20.9. The molecule has 0 bridgehead atoms. The monoisotopic (exact) mass is 220 g/mol. The van der Waals surface area contributed by atoms with Crippen LogP contribution in [0, 0.1) is 0 Å². The number of carboxylic acids is 1. The van der Waals surface area contributed by atoms with Gasteiger partial charge in [0.1, 0.15) is 0 Å². The van der Waals surface area contributed by atoms with Gasteiger partial charge in [0.2, 0.25) is 0 Å². The molecule has 4 nitrogen and oxygen atoms in total. The lowest BCUT2D eigenvalue weighted by molar-refractivity contribution is -0.157. The predicted octanol–water partition coefficient (Wildman–Crippen LogP) is 0.202. The molecule has 0 aromatic heterocycles. The number of carbonyl (C=O) groups is 2. The molecule has 1 rings (SSSR count). The van der Waals surface area contributed by atoms with Gasteiger partial charge in [-0.15, -0.1) is 0 Å². The van der Waals surface area contributed by atoms with Crippen LogP contribution < -0.4 is 5.19 Å². The zero-order valence-electron chi connectivity index (χ0n) is 7.77. The average Bonchev–Trinajstić information content (AvgIpc) is 2.26. The molecule has 0 aliphatic heterocycles. The maximum Gasteiger partial charge on any atom is 0.413 e. The summed E-state index contributed by atoms with van der Waals surface area (Å²) in [7, 11) is -0.318. The highest BCUT2D eigenvalue weighted by atomic mass is 28.2. The van der Waals surface area contributed by atoms with E-state index in [-0.39, 0.29) is 9.76 Å². The van der Waals surface area contributed by atoms with Crippen LogP contribution in [-0.4, -0.2) is 26.8 Å². The number of carbonyl (C=O) groups excluding carboxylic acids is 1. The van der Waals surface area contributed by atoms with E-state index >= 15 is 0 Å². The minimum Gasteiger partial charge on any atom is -0.503 e. The quantitative estimate of drug-likeness (QED) is 0.584. The van der Waals surface area contributed by atoms with Crippen molar-refractivity contribution in [2.75, 3.05) is 0 Å². The van der Waals surface area contributed by atoms with Gasteiger partial charge in [0, 0.05) is 0 Å². The Morgan fingerprint density at radius 3 is 2.67 bits per heavy atom. The van der Waals surface area contributed by atoms with Gasteiger partial charge in [0.15, 0.2) is 0 Å². The van der Waals surface area contributed by atoms with Crippen molar-refractivity contribution in [3.63, 3.8) is 0 Å². The third-order valence-corrected chi connectivity index (χ3v) is 2.57. The molecule has 0 fully saturated rings. The number of rotatable bonds is 3. The smallest absolute Gasteiger partial charge is 0.413 e. The molecule has 0 amide bonds. The Morgan fingerprint density at radius 2 is 2.07 bits per heavy atom. The van der Waals surface area contributed by atoms with Crippen molar-refractivity contribution in [2.24, 2.45) is 0 Å². The zero-order valence-corrected chi connectivity index (χ0v) is 8.77. The molecule has 76 valence electrons. The first kappa shape index (κ1) is 11.2. The molecule has 1 aromatic rings. The van der Waals surface area contributed by atoms with Gasteiger partial charge in [-0.1, -0.05) is 36.9 Å². The van der Waals surface area contributed by atoms with Crippen molar-refractivity contribution >= 4 is 33.0 Å². The van der Waals surface area contributed by atoms with E-state index in [1.165, 1.54) is 0 Å². The van der Waals surface area contributed by atoms with Crippen LogP contribution >= 0.6 is 0 Å². The number of hydrogen-bond donors (Lipinski definition) is 1. The third-order valence-electron chi connectivity index (χ3n) is 1.61. The fraction of sp³-hybridized carbons (Fsp3) is 0. The first-order valence-corrected chi connectivity index (χ1v) is 4.97. The van der Waals surface area contributed by atoms with Crippen LogP contribution in [0.15, 0.2) is 30.8 Å². The minimum atomic E-state index is -1.58. The minimum absolute atomic E-state index is 0.318. The first-order chi connectivity index (χ1) is 7.15. The molecule has 5 heteroatoms. The summed E-state index contributed by atoms with van der Waals surface area (Å²) in [5.41, 5.74) is 0.828. The van der Waals surface area contributed by atoms with E-state index in [9.17, 15) is 9.59 Å². The second kappa shape index (κ2) is 5.11. The van der Waals surface area contributed by atoms with E-state index in [1.54, 1.807) is 18.2 Å². The van der Waals surface area contributed by atoms with Crippen molar-refractivity contribution in [1.29, 1.82) is 0 Å². The molecule has 0 unspecified atom stereocenters. The highest BCUT2D eigenvalue weighted by molar-refractivity contribution is 6.52. The van der Waals surface area contributed by atoms with Crippen LogP contribution in [0.4, 0.5) is 0 Å². The molecule has 0 aliphatic carbocycles. The van der Waals surface area contributed by atoms with Crippen LogP contribution in [0.2, 0.25) is 0 Å². The maximum atomic E-state index is 10.7. The Bertz CT molecular complexity index is 400. The fourth-order valence-electron chi connectivity index (χ4n) is 0.913. The molecule has 2 radical (unpaired) electrons. The molecule has 0 aliphatic rings. The van der Waals surface area contributed by atoms with Gasteiger partial charge in [-0.05, 0) is 10.8 Å². The highest BCUT2D eigenvalue weighted by Gasteiger charge is 2.14. The van der Waals surface area contributed by atoms with Gasteiger partial charge in [-0.25, -0.2) is 9.59 Å². The highest BCUT2D eigenvalue weighted by Crippen LogP contribution is 1.96. The van der Waals surface area contributed by atoms with Crippen molar-refractivity contribution in [3.05, 3.63) is 36.4 Å². The van der Waals surface area contributed by atoms with Gasteiger partial charge in [-0.2, -0.15) is 0 Å². The van der Waals surface area contributed by atoms with Gasteiger partial charge in [0.25, 0.3) is 0 Å². The molecule has 0 atom stereocenters. The summed E-state index contributed by atoms with van der Waals surface area (Å²) in [6, 6.07) is 7.17. The Hall–Kier alpha value is -1.88. The average molecular weight is 220 g/mol. The Kier molecular flexibility index (Phi) is 3.81. The molecule has 0 heterocycles. The zero-order chi connectivity index (χ0) is 11.3. The van der Waals surface area contributed by atoms with Gasteiger partial charge in [0.05, 0.1) is 0 Å². The number of aliphatic carboxylic acids is 1. The SMILES string of the molecule is C=Cc1ccccc1[Si]OC(=O)C(=O)O. The summed E-state index contributed by atoms with van der Waals surface area (Å²) in [6.07, 6.45) is 1.62.